The number of nitrogens with zero attached hydrogens (tertiary/aromatic N) is 3. The van der Waals surface area contributed by atoms with E-state index in [1.54, 1.807) is 18.5 Å². The Morgan fingerprint density at radius 2 is 2.23 bits per heavy atom. The second-order valence-corrected chi connectivity index (χ2v) is 7.56. The van der Waals surface area contributed by atoms with E-state index < -0.39 is 0 Å². The summed E-state index contributed by atoms with van der Waals surface area (Å²) in [6, 6.07) is 4.25. The average molecular weight is 408 g/mol. The molecule has 0 aliphatic carbocycles. The maximum absolute atomic E-state index is 8.68. The normalized spacial score (nSPS) is 17.7. The zero-order valence-electron chi connectivity index (χ0n) is 17.6. The number of fused-ring (bicyclic) bond motifs is 1. The molecule has 1 atom stereocenters. The van der Waals surface area contributed by atoms with Gasteiger partial charge >= 0.3 is 0 Å². The predicted molar refractivity (Wildman–Crippen MR) is 122 cm³/mol. The fraction of sp³-hybridized carbons (Fsp3) is 0.364. The standard InChI is InChI=1S/C22H29N7O/c1-14(2)26-9-6-18(24)17-12-20(29-10-11-30-13-15(29)3)28-21-16(17)5-8-27-22(21)19(25)4-7-23/h4-9,12,14-15,23-24,26H,10-11,13,25H2,1-3H3/b9-6-,19-4-,23-7?,24-18?. The van der Waals surface area contributed by atoms with Crippen LogP contribution in [0.3, 0.4) is 0 Å². The number of nitrogens with two attached hydrogens (primary N) is 1. The Balaban J connectivity index is 2.18. The van der Waals surface area contributed by atoms with E-state index in [-0.39, 0.29) is 12.1 Å². The van der Waals surface area contributed by atoms with Crippen LogP contribution in [0.1, 0.15) is 32.0 Å². The van der Waals surface area contributed by atoms with Crippen molar-refractivity contribution in [2.75, 3.05) is 24.7 Å². The van der Waals surface area contributed by atoms with Crippen LogP contribution < -0.4 is 16.0 Å². The molecule has 0 amide bonds. The Bertz CT molecular complexity index is 996. The minimum absolute atomic E-state index is 0.165. The molecule has 1 saturated heterocycles. The summed E-state index contributed by atoms with van der Waals surface area (Å²) in [4.78, 5) is 11.5. The molecule has 1 aliphatic rings. The lowest BCUT2D eigenvalue weighted by Crippen LogP contribution is -2.44. The highest BCUT2D eigenvalue weighted by Gasteiger charge is 2.23. The van der Waals surface area contributed by atoms with Crippen LogP contribution in [0.2, 0.25) is 0 Å². The van der Waals surface area contributed by atoms with E-state index in [0.717, 1.165) is 29.5 Å². The molecule has 8 heteroatoms. The highest BCUT2D eigenvalue weighted by atomic mass is 16.5. The molecule has 1 fully saturated rings. The van der Waals surface area contributed by atoms with Gasteiger partial charge in [0.1, 0.15) is 17.0 Å². The Hall–Kier alpha value is -3.26. The van der Waals surface area contributed by atoms with Crippen LogP contribution in [-0.2, 0) is 4.74 Å². The molecule has 0 aromatic carbocycles. The van der Waals surface area contributed by atoms with Gasteiger partial charge in [0.05, 0.1) is 30.7 Å². The van der Waals surface area contributed by atoms with E-state index in [1.165, 1.54) is 6.08 Å². The first-order chi connectivity index (χ1) is 14.4. The molecule has 0 bridgehead atoms. The zero-order chi connectivity index (χ0) is 21.7. The van der Waals surface area contributed by atoms with Crippen molar-refractivity contribution in [3.05, 3.63) is 47.9 Å². The number of hydrogen-bond donors (Lipinski definition) is 4. The van der Waals surface area contributed by atoms with Crippen LogP contribution in [0.4, 0.5) is 5.82 Å². The van der Waals surface area contributed by atoms with Gasteiger partial charge in [-0.05, 0) is 51.3 Å². The summed E-state index contributed by atoms with van der Waals surface area (Å²) in [7, 11) is 0. The van der Waals surface area contributed by atoms with E-state index in [2.05, 4.69) is 22.1 Å². The van der Waals surface area contributed by atoms with Gasteiger partial charge in [-0.25, -0.2) is 4.98 Å². The van der Waals surface area contributed by atoms with Gasteiger partial charge in [-0.1, -0.05) is 0 Å². The molecule has 8 nitrogen and oxygen atoms in total. The Morgan fingerprint density at radius 1 is 1.43 bits per heavy atom. The zero-order valence-corrected chi connectivity index (χ0v) is 17.6. The van der Waals surface area contributed by atoms with Crippen molar-refractivity contribution in [3.8, 4) is 0 Å². The van der Waals surface area contributed by atoms with Gasteiger partial charge in [-0.3, -0.25) is 4.98 Å². The molecular weight excluding hydrogens is 378 g/mol. The molecule has 30 heavy (non-hydrogen) atoms. The summed E-state index contributed by atoms with van der Waals surface area (Å²) < 4.78 is 5.57. The summed E-state index contributed by atoms with van der Waals surface area (Å²) >= 11 is 0. The number of anilines is 1. The van der Waals surface area contributed by atoms with Crippen molar-refractivity contribution < 1.29 is 4.74 Å². The number of allylic oxidation sites excluding steroid dienone is 2. The summed E-state index contributed by atoms with van der Waals surface area (Å²) in [5.74, 6) is 0.764. The van der Waals surface area contributed by atoms with Crippen molar-refractivity contribution in [1.82, 2.24) is 15.3 Å². The number of nitrogens with one attached hydrogen (secondary N) is 3. The van der Waals surface area contributed by atoms with E-state index in [0.29, 0.717) is 35.8 Å². The number of hydrogen-bond acceptors (Lipinski definition) is 8. The minimum atomic E-state index is 0.165. The SMILES string of the molecule is CC(C)N/C=C\C(=N)c1cc(N2CCOCC2C)nc2c(/C(N)=C/C=N)nccc12. The van der Waals surface area contributed by atoms with Gasteiger partial charge in [0.2, 0.25) is 0 Å². The fourth-order valence-corrected chi connectivity index (χ4v) is 3.37. The van der Waals surface area contributed by atoms with Gasteiger partial charge < -0.3 is 31.5 Å². The Kier molecular flexibility index (Phi) is 6.79. The van der Waals surface area contributed by atoms with Crippen molar-refractivity contribution in [1.29, 1.82) is 10.8 Å². The first kappa shape index (κ1) is 21.4. The molecule has 3 rings (SSSR count). The van der Waals surface area contributed by atoms with Gasteiger partial charge in [-0.15, -0.1) is 0 Å². The third-order valence-electron chi connectivity index (χ3n) is 4.88. The van der Waals surface area contributed by atoms with Crippen molar-refractivity contribution in [2.24, 2.45) is 5.73 Å². The number of ether oxygens (including phenoxy) is 1. The van der Waals surface area contributed by atoms with E-state index in [4.69, 9.17) is 26.3 Å². The molecular formula is C22H29N7O. The number of aromatic nitrogens is 2. The van der Waals surface area contributed by atoms with Gasteiger partial charge in [0.15, 0.2) is 0 Å². The number of rotatable bonds is 7. The summed E-state index contributed by atoms with van der Waals surface area (Å²) in [6.07, 6.45) is 7.83. The molecule has 0 radical (unpaired) electrons. The molecule has 1 unspecified atom stereocenters. The van der Waals surface area contributed by atoms with Crippen molar-refractivity contribution >= 4 is 34.3 Å². The summed E-state index contributed by atoms with van der Waals surface area (Å²) in [5, 5.41) is 20.0. The topological polar surface area (TPSA) is 124 Å². The molecule has 2 aromatic rings. The van der Waals surface area contributed by atoms with Crippen molar-refractivity contribution in [2.45, 2.75) is 32.9 Å². The molecule has 0 spiro atoms. The van der Waals surface area contributed by atoms with E-state index >= 15 is 0 Å². The maximum atomic E-state index is 8.68. The Labute approximate surface area is 176 Å². The third kappa shape index (κ3) is 4.65. The molecule has 3 heterocycles. The summed E-state index contributed by atoms with van der Waals surface area (Å²) in [6.45, 7) is 8.16. The van der Waals surface area contributed by atoms with Gasteiger partial charge in [-0.2, -0.15) is 0 Å². The molecule has 5 N–H and O–H groups in total. The van der Waals surface area contributed by atoms with Gasteiger partial charge in [0.25, 0.3) is 0 Å². The fourth-order valence-electron chi connectivity index (χ4n) is 3.37. The van der Waals surface area contributed by atoms with Crippen LogP contribution in [0.25, 0.3) is 16.6 Å². The molecule has 1 aliphatic heterocycles. The first-order valence-electron chi connectivity index (χ1n) is 10.0. The van der Waals surface area contributed by atoms with Crippen LogP contribution >= 0.6 is 0 Å². The summed E-state index contributed by atoms with van der Waals surface area (Å²) in [5.41, 5.74) is 8.78. The predicted octanol–water partition coefficient (Wildman–Crippen LogP) is 2.68. The van der Waals surface area contributed by atoms with Crippen LogP contribution in [-0.4, -0.2) is 53.7 Å². The number of pyridine rings is 2. The number of morpholine rings is 1. The average Bonchev–Trinajstić information content (AvgIpc) is 2.72. The lowest BCUT2D eigenvalue weighted by Gasteiger charge is -2.34. The van der Waals surface area contributed by atoms with Crippen LogP contribution in [0.5, 0.6) is 0 Å². The molecule has 2 aromatic heterocycles. The van der Waals surface area contributed by atoms with Crippen LogP contribution in [0, 0.1) is 10.8 Å². The van der Waals surface area contributed by atoms with E-state index in [1.807, 2.05) is 26.0 Å². The highest BCUT2D eigenvalue weighted by Crippen LogP contribution is 2.28. The smallest absolute Gasteiger partial charge is 0.130 e. The first-order valence-corrected chi connectivity index (χ1v) is 10.0. The van der Waals surface area contributed by atoms with Gasteiger partial charge in [0, 0.05) is 35.9 Å². The second kappa shape index (κ2) is 9.49. The monoisotopic (exact) mass is 407 g/mol. The molecule has 158 valence electrons. The third-order valence-corrected chi connectivity index (χ3v) is 4.88. The minimum Gasteiger partial charge on any atom is -0.397 e. The molecule has 0 saturated carbocycles. The Morgan fingerprint density at radius 3 is 2.93 bits per heavy atom. The lowest BCUT2D eigenvalue weighted by molar-refractivity contribution is 0.0986. The van der Waals surface area contributed by atoms with Crippen LogP contribution in [0.15, 0.2) is 36.7 Å². The lowest BCUT2D eigenvalue weighted by atomic mass is 10.0. The van der Waals surface area contributed by atoms with E-state index in [9.17, 15) is 0 Å². The largest absolute Gasteiger partial charge is 0.397 e. The van der Waals surface area contributed by atoms with Crippen molar-refractivity contribution in [3.63, 3.8) is 0 Å². The maximum Gasteiger partial charge on any atom is 0.130 e. The quantitative estimate of drug-likeness (QED) is 0.523. The highest BCUT2D eigenvalue weighted by molar-refractivity contribution is 6.15. The second-order valence-electron chi connectivity index (χ2n) is 7.56.